The minimum Gasteiger partial charge on any atom is -0.409 e. The lowest BCUT2D eigenvalue weighted by atomic mass is 10.0. The SMILES string of the molecule is CC(C)CCOCCNCC1(CC(N)=NO)CC1. The third-order valence-corrected chi connectivity index (χ3v) is 3.40. The number of ether oxygens (including phenoxy) is 1. The average molecular weight is 257 g/mol. The van der Waals surface area contributed by atoms with Crippen molar-refractivity contribution in [1.82, 2.24) is 5.32 Å². The van der Waals surface area contributed by atoms with Crippen LogP contribution in [0.2, 0.25) is 0 Å². The van der Waals surface area contributed by atoms with Gasteiger partial charge in [-0.15, -0.1) is 0 Å². The number of amidine groups is 1. The van der Waals surface area contributed by atoms with Crippen molar-refractivity contribution in [2.24, 2.45) is 22.2 Å². The van der Waals surface area contributed by atoms with Crippen molar-refractivity contribution >= 4 is 5.84 Å². The number of oxime groups is 1. The fourth-order valence-electron chi connectivity index (χ4n) is 1.93. The van der Waals surface area contributed by atoms with E-state index in [2.05, 4.69) is 24.3 Å². The van der Waals surface area contributed by atoms with Gasteiger partial charge in [0.25, 0.3) is 0 Å². The molecule has 0 spiro atoms. The molecule has 0 aromatic rings. The highest BCUT2D eigenvalue weighted by molar-refractivity contribution is 5.80. The van der Waals surface area contributed by atoms with E-state index in [9.17, 15) is 0 Å². The molecule has 106 valence electrons. The molecule has 0 aliphatic heterocycles. The van der Waals surface area contributed by atoms with Crippen LogP contribution in [0.5, 0.6) is 0 Å². The molecule has 0 saturated heterocycles. The van der Waals surface area contributed by atoms with Crippen molar-refractivity contribution < 1.29 is 9.94 Å². The largest absolute Gasteiger partial charge is 0.409 e. The first-order chi connectivity index (χ1) is 8.58. The summed E-state index contributed by atoms with van der Waals surface area (Å²) in [6, 6.07) is 0. The lowest BCUT2D eigenvalue weighted by Gasteiger charge is -2.15. The van der Waals surface area contributed by atoms with Gasteiger partial charge in [0.15, 0.2) is 0 Å². The predicted octanol–water partition coefficient (Wildman–Crippen LogP) is 1.56. The van der Waals surface area contributed by atoms with E-state index in [-0.39, 0.29) is 5.41 Å². The number of nitrogens with two attached hydrogens (primary N) is 1. The van der Waals surface area contributed by atoms with Gasteiger partial charge in [0, 0.05) is 26.1 Å². The molecule has 18 heavy (non-hydrogen) atoms. The maximum Gasteiger partial charge on any atom is 0.139 e. The number of nitrogens with zero attached hydrogens (tertiary/aromatic N) is 1. The van der Waals surface area contributed by atoms with Crippen molar-refractivity contribution in [1.29, 1.82) is 0 Å². The van der Waals surface area contributed by atoms with Gasteiger partial charge in [0.05, 0.1) is 6.61 Å². The van der Waals surface area contributed by atoms with E-state index in [4.69, 9.17) is 15.7 Å². The quantitative estimate of drug-likeness (QED) is 0.182. The minimum atomic E-state index is 0.230. The summed E-state index contributed by atoms with van der Waals surface area (Å²) in [5.41, 5.74) is 5.78. The highest BCUT2D eigenvalue weighted by Gasteiger charge is 2.42. The van der Waals surface area contributed by atoms with Crippen LogP contribution in [0, 0.1) is 11.3 Å². The first kappa shape index (κ1) is 15.2. The van der Waals surface area contributed by atoms with Crippen LogP contribution >= 0.6 is 0 Å². The fourth-order valence-corrected chi connectivity index (χ4v) is 1.93. The first-order valence-electron chi connectivity index (χ1n) is 6.83. The van der Waals surface area contributed by atoms with Gasteiger partial charge in [-0.3, -0.25) is 0 Å². The normalized spacial score (nSPS) is 18.3. The molecule has 0 atom stereocenters. The molecular weight excluding hydrogens is 230 g/mol. The molecule has 1 rings (SSSR count). The Balaban J connectivity index is 1.98. The van der Waals surface area contributed by atoms with Crippen LogP contribution in [0.25, 0.3) is 0 Å². The Morgan fingerprint density at radius 2 is 2.17 bits per heavy atom. The second-order valence-electron chi connectivity index (χ2n) is 5.74. The van der Waals surface area contributed by atoms with E-state index >= 15 is 0 Å². The van der Waals surface area contributed by atoms with Crippen molar-refractivity contribution in [3.63, 3.8) is 0 Å². The van der Waals surface area contributed by atoms with Gasteiger partial charge in [-0.25, -0.2) is 0 Å². The molecule has 0 amide bonds. The van der Waals surface area contributed by atoms with Crippen molar-refractivity contribution in [2.45, 2.75) is 39.5 Å². The second-order valence-corrected chi connectivity index (χ2v) is 5.74. The summed E-state index contributed by atoms with van der Waals surface area (Å²) < 4.78 is 5.53. The third-order valence-electron chi connectivity index (χ3n) is 3.40. The molecule has 0 aromatic heterocycles. The van der Waals surface area contributed by atoms with Crippen molar-refractivity contribution in [3.05, 3.63) is 0 Å². The Bertz CT molecular complexity index is 263. The molecule has 0 heterocycles. The fraction of sp³-hybridized carbons (Fsp3) is 0.923. The Labute approximate surface area is 110 Å². The molecule has 1 fully saturated rings. The Kier molecular flexibility index (Phi) is 6.43. The molecule has 0 radical (unpaired) electrons. The molecule has 5 heteroatoms. The number of nitrogens with one attached hydrogen (secondary N) is 1. The van der Waals surface area contributed by atoms with Crippen LogP contribution in [0.3, 0.4) is 0 Å². The summed E-state index contributed by atoms with van der Waals surface area (Å²) >= 11 is 0. The summed E-state index contributed by atoms with van der Waals surface area (Å²) in [4.78, 5) is 0. The minimum absolute atomic E-state index is 0.230. The molecule has 4 N–H and O–H groups in total. The van der Waals surface area contributed by atoms with Crippen LogP contribution in [-0.4, -0.2) is 37.3 Å². The number of hydrogen-bond donors (Lipinski definition) is 3. The first-order valence-corrected chi connectivity index (χ1v) is 6.83. The lowest BCUT2D eigenvalue weighted by molar-refractivity contribution is 0.124. The van der Waals surface area contributed by atoms with Crippen molar-refractivity contribution in [2.75, 3.05) is 26.3 Å². The zero-order chi connectivity index (χ0) is 13.4. The summed E-state index contributed by atoms with van der Waals surface area (Å²) in [6.45, 7) is 7.80. The lowest BCUT2D eigenvalue weighted by Crippen LogP contribution is -2.30. The summed E-state index contributed by atoms with van der Waals surface area (Å²) in [7, 11) is 0. The molecule has 0 unspecified atom stereocenters. The van der Waals surface area contributed by atoms with Gasteiger partial charge in [-0.2, -0.15) is 0 Å². The topological polar surface area (TPSA) is 79.9 Å². The Morgan fingerprint density at radius 3 is 2.72 bits per heavy atom. The molecule has 0 aromatic carbocycles. The summed E-state index contributed by atoms with van der Waals surface area (Å²) in [5.74, 6) is 1.04. The second kappa shape index (κ2) is 7.59. The standard InChI is InChI=1S/C13H27N3O2/c1-11(2)3-7-18-8-6-15-10-13(4-5-13)9-12(14)16-17/h11,15,17H,3-10H2,1-2H3,(H2,14,16). The smallest absolute Gasteiger partial charge is 0.139 e. The van der Waals surface area contributed by atoms with Crippen LogP contribution in [0.1, 0.15) is 39.5 Å². The van der Waals surface area contributed by atoms with E-state index in [0.717, 1.165) is 45.6 Å². The molecule has 0 bridgehead atoms. The highest BCUT2D eigenvalue weighted by Crippen LogP contribution is 2.48. The average Bonchev–Trinajstić information content (AvgIpc) is 3.07. The van der Waals surface area contributed by atoms with E-state index < -0.39 is 0 Å². The predicted molar refractivity (Wildman–Crippen MR) is 72.8 cm³/mol. The van der Waals surface area contributed by atoms with Gasteiger partial charge < -0.3 is 21.0 Å². The van der Waals surface area contributed by atoms with Crippen LogP contribution in [-0.2, 0) is 4.74 Å². The molecule has 1 saturated carbocycles. The Morgan fingerprint density at radius 1 is 1.44 bits per heavy atom. The number of hydrogen-bond acceptors (Lipinski definition) is 4. The maximum atomic E-state index is 8.56. The molecule has 1 aliphatic rings. The van der Waals surface area contributed by atoms with Crippen LogP contribution in [0.15, 0.2) is 5.16 Å². The van der Waals surface area contributed by atoms with Gasteiger partial charge in [0.2, 0.25) is 0 Å². The van der Waals surface area contributed by atoms with Crippen molar-refractivity contribution in [3.8, 4) is 0 Å². The van der Waals surface area contributed by atoms with Crippen LogP contribution < -0.4 is 11.1 Å². The highest BCUT2D eigenvalue weighted by atomic mass is 16.5. The Hall–Kier alpha value is -0.810. The zero-order valence-electron chi connectivity index (χ0n) is 11.6. The van der Waals surface area contributed by atoms with Gasteiger partial charge in [-0.05, 0) is 30.6 Å². The summed E-state index contributed by atoms with van der Waals surface area (Å²) in [5, 5.41) is 15.0. The summed E-state index contributed by atoms with van der Waals surface area (Å²) in [6.07, 6.45) is 4.12. The van der Waals surface area contributed by atoms with Gasteiger partial charge in [0.1, 0.15) is 5.84 Å². The zero-order valence-corrected chi connectivity index (χ0v) is 11.6. The van der Waals surface area contributed by atoms with E-state index in [1.807, 2.05) is 0 Å². The van der Waals surface area contributed by atoms with Gasteiger partial charge in [-0.1, -0.05) is 19.0 Å². The third kappa shape index (κ3) is 6.21. The van der Waals surface area contributed by atoms with E-state index in [1.165, 1.54) is 0 Å². The molecular formula is C13H27N3O2. The van der Waals surface area contributed by atoms with Crippen LogP contribution in [0.4, 0.5) is 0 Å². The molecule has 1 aliphatic carbocycles. The molecule has 5 nitrogen and oxygen atoms in total. The number of rotatable bonds is 10. The maximum absolute atomic E-state index is 8.56. The van der Waals surface area contributed by atoms with E-state index in [0.29, 0.717) is 18.2 Å². The van der Waals surface area contributed by atoms with Gasteiger partial charge >= 0.3 is 0 Å². The van der Waals surface area contributed by atoms with E-state index in [1.54, 1.807) is 0 Å². The monoisotopic (exact) mass is 257 g/mol.